The average Bonchev–Trinajstić information content (AvgIpc) is 2.62. The number of hydrogen-bond donors (Lipinski definition) is 1. The molecule has 0 radical (unpaired) electrons. The van der Waals surface area contributed by atoms with Gasteiger partial charge in [0.15, 0.2) is 5.41 Å². The fourth-order valence-electron chi connectivity index (χ4n) is 4.02. The Morgan fingerprint density at radius 1 is 1.24 bits per heavy atom. The van der Waals surface area contributed by atoms with Crippen molar-refractivity contribution in [3.05, 3.63) is 47.3 Å². The summed E-state index contributed by atoms with van der Waals surface area (Å²) in [6.45, 7) is 1.12. The van der Waals surface area contributed by atoms with E-state index in [1.807, 2.05) is 30.2 Å². The van der Waals surface area contributed by atoms with E-state index in [0.717, 1.165) is 5.57 Å². The Morgan fingerprint density at radius 3 is 2.52 bits per heavy atom. The monoisotopic (exact) mass is 333 g/mol. The first-order valence-electron chi connectivity index (χ1n) is 7.94. The highest BCUT2D eigenvalue weighted by atomic mass is 19.1. The molecule has 0 spiro atoms. The van der Waals surface area contributed by atoms with Gasteiger partial charge in [0.1, 0.15) is 11.7 Å². The number of likely N-dealkylation sites (N-methyl/N-ethyl adjacent to an activating group) is 1. The summed E-state index contributed by atoms with van der Waals surface area (Å²) < 4.78 is 14.6. The lowest BCUT2D eigenvalue weighted by molar-refractivity contribution is 0.232. The van der Waals surface area contributed by atoms with Gasteiger partial charge in [-0.15, -0.1) is 0 Å². The van der Waals surface area contributed by atoms with Crippen LogP contribution in [0.4, 0.5) is 4.39 Å². The maximum Gasteiger partial charge on any atom is 0.189 e. The topological polar surface area (TPSA) is 98.5 Å². The van der Waals surface area contributed by atoms with E-state index in [1.54, 1.807) is 18.2 Å². The minimum atomic E-state index is -1.86. The summed E-state index contributed by atoms with van der Waals surface area (Å²) in [7, 11) is 1.90. The molecule has 1 aromatic carbocycles. The zero-order chi connectivity index (χ0) is 18.2. The molecule has 0 bridgehead atoms. The second kappa shape index (κ2) is 6.13. The van der Waals surface area contributed by atoms with E-state index in [9.17, 15) is 20.2 Å². The van der Waals surface area contributed by atoms with Gasteiger partial charge in [0.2, 0.25) is 0 Å². The molecule has 25 heavy (non-hydrogen) atoms. The highest BCUT2D eigenvalue weighted by Crippen LogP contribution is 2.53. The standard InChI is InChI=1S/C19H16FN5/c1-25-7-6-12-14(8-21)18(24)19(10-22,11-23)17(15(12)9-25)13-4-2-3-5-16(13)20/h2-6,14-15,17,24H,7,9H2,1H3/t14?,15-,17+/m1/s1. The van der Waals surface area contributed by atoms with E-state index in [-0.39, 0.29) is 17.2 Å². The van der Waals surface area contributed by atoms with E-state index in [1.165, 1.54) is 6.07 Å². The van der Waals surface area contributed by atoms with Gasteiger partial charge in [-0.2, -0.15) is 15.8 Å². The zero-order valence-electron chi connectivity index (χ0n) is 13.7. The number of rotatable bonds is 1. The molecule has 1 aromatic rings. The van der Waals surface area contributed by atoms with Gasteiger partial charge in [0.05, 0.1) is 23.9 Å². The number of halogens is 1. The molecule has 3 atom stereocenters. The lowest BCUT2D eigenvalue weighted by Gasteiger charge is -2.47. The zero-order valence-corrected chi connectivity index (χ0v) is 13.7. The molecule has 1 fully saturated rings. The Balaban J connectivity index is 2.30. The lowest BCUT2D eigenvalue weighted by Crippen LogP contribution is -2.52. The highest BCUT2D eigenvalue weighted by Gasteiger charge is 2.58. The van der Waals surface area contributed by atoms with Crippen molar-refractivity contribution in [2.75, 3.05) is 20.1 Å². The molecule has 1 unspecified atom stereocenters. The van der Waals surface area contributed by atoms with Crippen LogP contribution in [0.15, 0.2) is 35.9 Å². The lowest BCUT2D eigenvalue weighted by atomic mass is 9.54. The summed E-state index contributed by atoms with van der Waals surface area (Å²) in [5.41, 5.74) is -1.14. The Labute approximate surface area is 145 Å². The summed E-state index contributed by atoms with van der Waals surface area (Å²) in [5, 5.41) is 37.6. The van der Waals surface area contributed by atoms with Crippen molar-refractivity contribution in [2.45, 2.75) is 5.92 Å². The van der Waals surface area contributed by atoms with Crippen LogP contribution in [-0.2, 0) is 0 Å². The summed E-state index contributed by atoms with van der Waals surface area (Å²) in [4.78, 5) is 2.00. The molecule has 3 rings (SSSR count). The van der Waals surface area contributed by atoms with Crippen molar-refractivity contribution >= 4 is 5.71 Å². The fourth-order valence-corrected chi connectivity index (χ4v) is 4.02. The van der Waals surface area contributed by atoms with E-state index in [4.69, 9.17) is 5.41 Å². The van der Waals surface area contributed by atoms with E-state index >= 15 is 0 Å². The van der Waals surface area contributed by atoms with Gasteiger partial charge in [-0.3, -0.25) is 0 Å². The van der Waals surface area contributed by atoms with E-state index in [2.05, 4.69) is 6.07 Å². The molecule has 1 aliphatic carbocycles. The molecule has 124 valence electrons. The second-order valence-electron chi connectivity index (χ2n) is 6.54. The molecule has 1 aliphatic heterocycles. The van der Waals surface area contributed by atoms with Crippen molar-refractivity contribution in [3.63, 3.8) is 0 Å². The van der Waals surface area contributed by atoms with Gasteiger partial charge in [-0.05, 0) is 24.3 Å². The molecule has 0 aromatic heterocycles. The van der Waals surface area contributed by atoms with Gasteiger partial charge >= 0.3 is 0 Å². The quantitative estimate of drug-likeness (QED) is 0.799. The predicted molar refractivity (Wildman–Crippen MR) is 88.7 cm³/mol. The van der Waals surface area contributed by atoms with Crippen LogP contribution in [0.1, 0.15) is 11.5 Å². The SMILES string of the molecule is CN1CC=C2C(C#N)C(=N)C(C#N)(C#N)[C@@H](c3ccccc3F)[C@@H]2C1. The third kappa shape index (κ3) is 2.33. The van der Waals surface area contributed by atoms with Crippen molar-refractivity contribution in [2.24, 2.45) is 17.3 Å². The number of nitrogens with zero attached hydrogens (tertiary/aromatic N) is 4. The van der Waals surface area contributed by atoms with E-state index < -0.39 is 23.1 Å². The first-order valence-corrected chi connectivity index (χ1v) is 7.94. The van der Waals surface area contributed by atoms with Crippen LogP contribution in [0.3, 0.4) is 0 Å². The van der Waals surface area contributed by atoms with Crippen molar-refractivity contribution < 1.29 is 4.39 Å². The molecule has 1 N–H and O–H groups in total. The largest absolute Gasteiger partial charge is 0.305 e. The maximum atomic E-state index is 14.6. The van der Waals surface area contributed by atoms with Crippen LogP contribution >= 0.6 is 0 Å². The fraction of sp³-hybridized carbons (Fsp3) is 0.368. The molecular weight excluding hydrogens is 317 g/mol. The average molecular weight is 333 g/mol. The van der Waals surface area contributed by atoms with Crippen LogP contribution in [0.5, 0.6) is 0 Å². The molecule has 2 aliphatic rings. The molecular formula is C19H16FN5. The van der Waals surface area contributed by atoms with Gasteiger partial charge in [0, 0.05) is 24.9 Å². The number of hydrogen-bond acceptors (Lipinski definition) is 5. The van der Waals surface area contributed by atoms with Crippen LogP contribution < -0.4 is 0 Å². The molecule has 6 heteroatoms. The number of nitrogens with one attached hydrogen (secondary N) is 1. The second-order valence-corrected chi connectivity index (χ2v) is 6.54. The minimum Gasteiger partial charge on any atom is -0.305 e. The van der Waals surface area contributed by atoms with Crippen molar-refractivity contribution in [1.29, 1.82) is 21.2 Å². The Kier molecular flexibility index (Phi) is 4.13. The van der Waals surface area contributed by atoms with Crippen molar-refractivity contribution in [1.82, 2.24) is 4.90 Å². The molecule has 1 heterocycles. The highest BCUT2D eigenvalue weighted by molar-refractivity contribution is 6.00. The van der Waals surface area contributed by atoms with Crippen LogP contribution in [0.2, 0.25) is 0 Å². The summed E-state index contributed by atoms with van der Waals surface area (Å²) in [6, 6.07) is 12.1. The third-order valence-corrected chi connectivity index (χ3v) is 5.21. The first kappa shape index (κ1) is 16.8. The van der Waals surface area contributed by atoms with Crippen LogP contribution in [0, 0.1) is 62.5 Å². The third-order valence-electron chi connectivity index (χ3n) is 5.21. The molecule has 1 saturated carbocycles. The van der Waals surface area contributed by atoms with Crippen LogP contribution in [0.25, 0.3) is 0 Å². The normalized spacial score (nSPS) is 28.0. The Morgan fingerprint density at radius 2 is 1.92 bits per heavy atom. The Hall–Kier alpha value is -3.01. The summed E-state index contributed by atoms with van der Waals surface area (Å²) in [6.07, 6.45) is 1.88. The number of nitriles is 3. The molecule has 0 amide bonds. The van der Waals surface area contributed by atoms with Crippen LogP contribution in [-0.4, -0.2) is 30.7 Å². The maximum absolute atomic E-state index is 14.6. The summed E-state index contributed by atoms with van der Waals surface area (Å²) >= 11 is 0. The van der Waals surface area contributed by atoms with E-state index in [0.29, 0.717) is 13.1 Å². The van der Waals surface area contributed by atoms with Gasteiger partial charge in [0.25, 0.3) is 0 Å². The van der Waals surface area contributed by atoms with Gasteiger partial charge in [-0.1, -0.05) is 24.3 Å². The minimum absolute atomic E-state index is 0.248. The smallest absolute Gasteiger partial charge is 0.189 e. The number of fused-ring (bicyclic) bond motifs is 1. The van der Waals surface area contributed by atoms with Gasteiger partial charge in [-0.25, -0.2) is 4.39 Å². The van der Waals surface area contributed by atoms with Gasteiger partial charge < -0.3 is 10.3 Å². The number of benzene rings is 1. The molecule has 5 nitrogen and oxygen atoms in total. The predicted octanol–water partition coefficient (Wildman–Crippen LogP) is 2.60. The molecule has 0 saturated heterocycles. The first-order chi connectivity index (χ1) is 12.0. The Bertz CT molecular complexity index is 868. The van der Waals surface area contributed by atoms with Crippen molar-refractivity contribution in [3.8, 4) is 18.2 Å². The summed E-state index contributed by atoms with van der Waals surface area (Å²) in [5.74, 6) is -2.61.